The van der Waals surface area contributed by atoms with Gasteiger partial charge in [-0.15, -0.1) is 22.7 Å². The number of hydrogen-bond donors (Lipinski definition) is 1. The van der Waals surface area contributed by atoms with Crippen molar-refractivity contribution in [3.05, 3.63) is 68.9 Å². The molecule has 1 N–H and O–H groups in total. The summed E-state index contributed by atoms with van der Waals surface area (Å²) in [4.78, 5) is 34.0. The van der Waals surface area contributed by atoms with Gasteiger partial charge in [-0.05, 0) is 49.6 Å². The van der Waals surface area contributed by atoms with Crippen molar-refractivity contribution in [2.75, 3.05) is 12.4 Å². The van der Waals surface area contributed by atoms with Gasteiger partial charge < -0.3 is 10.1 Å². The van der Waals surface area contributed by atoms with Gasteiger partial charge in [0.05, 0.1) is 34.3 Å². The highest BCUT2D eigenvalue weighted by Crippen LogP contribution is 2.35. The number of methoxy groups -OCH3 is 1. The first-order valence-corrected chi connectivity index (χ1v) is 12.1. The van der Waals surface area contributed by atoms with E-state index in [4.69, 9.17) is 9.72 Å². The highest BCUT2D eigenvalue weighted by Gasteiger charge is 2.24. The van der Waals surface area contributed by atoms with E-state index in [9.17, 15) is 9.59 Å². The fourth-order valence-corrected chi connectivity index (χ4v) is 5.81. The van der Waals surface area contributed by atoms with E-state index in [-0.39, 0.29) is 5.91 Å². The van der Waals surface area contributed by atoms with Crippen LogP contribution in [0.4, 0.5) is 5.00 Å². The zero-order valence-electron chi connectivity index (χ0n) is 18.4. The van der Waals surface area contributed by atoms with Gasteiger partial charge in [-0.25, -0.2) is 9.78 Å². The average molecular weight is 465 g/mol. The van der Waals surface area contributed by atoms with E-state index >= 15 is 0 Å². The molecule has 0 radical (unpaired) electrons. The second kappa shape index (κ2) is 9.22. The number of nitrogens with one attached hydrogen (secondary N) is 1. The average Bonchev–Trinajstić information content (AvgIpc) is 3.41. The number of pyridine rings is 1. The molecule has 7 heteroatoms. The number of carbonyl (C=O) groups is 2. The largest absolute Gasteiger partial charge is 0.465 e. The summed E-state index contributed by atoms with van der Waals surface area (Å²) >= 11 is 3.08. The Morgan fingerprint density at radius 2 is 1.84 bits per heavy atom. The van der Waals surface area contributed by atoms with Crippen LogP contribution >= 0.6 is 22.7 Å². The highest BCUT2D eigenvalue weighted by molar-refractivity contribution is 7.17. The number of nitrogens with zero attached hydrogens (tertiary/aromatic N) is 1. The molecule has 1 amide bonds. The lowest BCUT2D eigenvalue weighted by molar-refractivity contribution is 0.0601. The number of fused-ring (bicyclic) bond motifs is 1. The summed E-state index contributed by atoms with van der Waals surface area (Å²) in [6, 6.07) is 13.6. The standard InChI is InChI=1S/C25H24N2O3S2/c1-5-15-11-12-21(32-15)20-13-18(17-9-7-8-10-19(17)26-20)23(28)27-24-22(25(29)30-4)16(6-2)14(3)31-24/h7-13H,5-6H2,1-4H3,(H,27,28). The quantitative estimate of drug-likeness (QED) is 0.331. The Bertz CT molecular complexity index is 1320. The SMILES string of the molecule is CCc1ccc(-c2cc(C(=O)Nc3sc(C)c(CC)c3C(=O)OC)c3ccccc3n2)s1. The predicted molar refractivity (Wildman–Crippen MR) is 132 cm³/mol. The van der Waals surface area contributed by atoms with E-state index in [0.717, 1.165) is 38.3 Å². The van der Waals surface area contributed by atoms with Crippen molar-refractivity contribution in [2.45, 2.75) is 33.6 Å². The number of para-hydroxylation sites is 1. The molecule has 0 unspecified atom stereocenters. The Morgan fingerprint density at radius 1 is 1.06 bits per heavy atom. The third kappa shape index (κ3) is 4.06. The van der Waals surface area contributed by atoms with Gasteiger partial charge in [0.1, 0.15) is 5.00 Å². The van der Waals surface area contributed by atoms with Gasteiger partial charge in [-0.1, -0.05) is 32.0 Å². The molecule has 3 heterocycles. The molecule has 4 rings (SSSR count). The number of hydrogen-bond acceptors (Lipinski definition) is 6. The number of rotatable bonds is 6. The molecule has 1 aromatic carbocycles. The van der Waals surface area contributed by atoms with Gasteiger partial charge in [-0.3, -0.25) is 4.79 Å². The summed E-state index contributed by atoms with van der Waals surface area (Å²) in [6.45, 7) is 6.06. The van der Waals surface area contributed by atoms with Crippen molar-refractivity contribution in [1.29, 1.82) is 0 Å². The van der Waals surface area contributed by atoms with E-state index in [1.807, 2.05) is 50.2 Å². The lowest BCUT2D eigenvalue weighted by Gasteiger charge is -2.10. The molecule has 0 saturated heterocycles. The monoisotopic (exact) mass is 464 g/mol. The van der Waals surface area contributed by atoms with E-state index in [0.29, 0.717) is 22.5 Å². The third-order valence-corrected chi connectivity index (χ3v) is 7.72. The number of benzene rings is 1. The molecule has 0 aliphatic rings. The molecule has 0 atom stereocenters. The third-order valence-electron chi connectivity index (χ3n) is 5.40. The van der Waals surface area contributed by atoms with Crippen molar-refractivity contribution < 1.29 is 14.3 Å². The fraction of sp³-hybridized carbons (Fsp3) is 0.240. The second-order valence-electron chi connectivity index (χ2n) is 7.33. The molecule has 0 aliphatic heterocycles. The molecule has 32 heavy (non-hydrogen) atoms. The Balaban J connectivity index is 1.80. The Hall–Kier alpha value is -3.03. The van der Waals surface area contributed by atoms with Crippen molar-refractivity contribution in [2.24, 2.45) is 0 Å². The summed E-state index contributed by atoms with van der Waals surface area (Å²) in [7, 11) is 1.36. The molecular weight excluding hydrogens is 440 g/mol. The van der Waals surface area contributed by atoms with Gasteiger partial charge in [0.15, 0.2) is 0 Å². The van der Waals surface area contributed by atoms with Crippen LogP contribution in [0, 0.1) is 6.92 Å². The van der Waals surface area contributed by atoms with Gasteiger partial charge in [0.25, 0.3) is 5.91 Å². The molecule has 0 saturated carbocycles. The number of esters is 1. The number of aryl methyl sites for hydroxylation is 2. The minimum absolute atomic E-state index is 0.272. The first-order valence-electron chi connectivity index (χ1n) is 10.5. The van der Waals surface area contributed by atoms with Gasteiger partial charge in [-0.2, -0.15) is 0 Å². The van der Waals surface area contributed by atoms with E-state index in [2.05, 4.69) is 18.3 Å². The smallest absolute Gasteiger partial charge is 0.341 e. The molecule has 3 aromatic heterocycles. The lowest BCUT2D eigenvalue weighted by Crippen LogP contribution is -2.15. The van der Waals surface area contributed by atoms with E-state index in [1.165, 1.54) is 23.3 Å². The van der Waals surface area contributed by atoms with E-state index in [1.54, 1.807) is 11.3 Å². The predicted octanol–water partition coefficient (Wildman–Crippen LogP) is 6.50. The molecule has 5 nitrogen and oxygen atoms in total. The highest BCUT2D eigenvalue weighted by atomic mass is 32.1. The molecule has 0 bridgehead atoms. The molecule has 164 valence electrons. The number of anilines is 1. The lowest BCUT2D eigenvalue weighted by atomic mass is 10.1. The Labute approximate surface area is 195 Å². The molecule has 0 spiro atoms. The number of carbonyl (C=O) groups excluding carboxylic acids is 2. The second-order valence-corrected chi connectivity index (χ2v) is 9.72. The zero-order chi connectivity index (χ0) is 22.8. The fourth-order valence-electron chi connectivity index (χ4n) is 3.78. The Kier molecular flexibility index (Phi) is 6.39. The topological polar surface area (TPSA) is 68.3 Å². The number of thiophene rings is 2. The van der Waals surface area contributed by atoms with Gasteiger partial charge in [0.2, 0.25) is 0 Å². The maximum absolute atomic E-state index is 13.5. The van der Waals surface area contributed by atoms with Crippen LogP contribution < -0.4 is 5.32 Å². The van der Waals surface area contributed by atoms with Crippen molar-refractivity contribution >= 4 is 50.5 Å². The first-order chi connectivity index (χ1) is 15.5. The van der Waals surface area contributed by atoms with Crippen LogP contribution in [0.25, 0.3) is 21.5 Å². The van der Waals surface area contributed by atoms with Crippen LogP contribution in [-0.4, -0.2) is 24.0 Å². The summed E-state index contributed by atoms with van der Waals surface area (Å²) in [5.41, 5.74) is 3.39. The van der Waals surface area contributed by atoms with Crippen LogP contribution in [0.1, 0.15) is 49.9 Å². The first kappa shape index (κ1) is 22.2. The number of aromatic nitrogens is 1. The minimum atomic E-state index is -0.438. The Morgan fingerprint density at radius 3 is 2.53 bits per heavy atom. The summed E-state index contributed by atoms with van der Waals surface area (Å²) < 4.78 is 4.99. The molecule has 4 aromatic rings. The van der Waals surface area contributed by atoms with Gasteiger partial charge >= 0.3 is 5.97 Å². The zero-order valence-corrected chi connectivity index (χ0v) is 20.1. The van der Waals surface area contributed by atoms with Gasteiger partial charge in [0, 0.05) is 15.1 Å². The molecule has 0 aliphatic carbocycles. The van der Waals surface area contributed by atoms with Crippen LogP contribution in [0.15, 0.2) is 42.5 Å². The summed E-state index contributed by atoms with van der Waals surface area (Å²) in [5, 5.41) is 4.26. The van der Waals surface area contributed by atoms with Crippen LogP contribution in [0.5, 0.6) is 0 Å². The van der Waals surface area contributed by atoms with E-state index < -0.39 is 5.97 Å². The number of amides is 1. The van der Waals surface area contributed by atoms with Crippen molar-refractivity contribution in [3.63, 3.8) is 0 Å². The normalized spacial score (nSPS) is 11.0. The maximum Gasteiger partial charge on any atom is 0.341 e. The van der Waals surface area contributed by atoms with Crippen molar-refractivity contribution in [3.8, 4) is 10.6 Å². The minimum Gasteiger partial charge on any atom is -0.465 e. The number of ether oxygens (including phenoxy) is 1. The molecular formula is C25H24N2O3S2. The van der Waals surface area contributed by atoms with Crippen LogP contribution in [0.3, 0.4) is 0 Å². The molecule has 0 fully saturated rings. The van der Waals surface area contributed by atoms with Crippen molar-refractivity contribution in [1.82, 2.24) is 4.98 Å². The maximum atomic E-state index is 13.5. The summed E-state index contributed by atoms with van der Waals surface area (Å²) in [5.74, 6) is -0.710. The van der Waals surface area contributed by atoms with Crippen LogP contribution in [-0.2, 0) is 17.6 Å². The summed E-state index contributed by atoms with van der Waals surface area (Å²) in [6.07, 6.45) is 1.64. The van der Waals surface area contributed by atoms with Crippen LogP contribution in [0.2, 0.25) is 0 Å².